The van der Waals surface area contributed by atoms with Gasteiger partial charge in [0.2, 0.25) is 0 Å². The van der Waals surface area contributed by atoms with Crippen molar-refractivity contribution in [3.05, 3.63) is 45.0 Å². The summed E-state index contributed by atoms with van der Waals surface area (Å²) in [7, 11) is 0. The molecular formula is C14H15NO4S. The second-order valence-electron chi connectivity index (χ2n) is 4.57. The van der Waals surface area contributed by atoms with Gasteiger partial charge >= 0.3 is 5.97 Å². The Balaban J connectivity index is 2.10. The molecule has 0 saturated carbocycles. The average Bonchev–Trinajstić information content (AvgIpc) is 2.95. The van der Waals surface area contributed by atoms with Crippen LogP contribution in [0.3, 0.4) is 0 Å². The highest BCUT2D eigenvalue weighted by atomic mass is 32.1. The number of amides is 1. The smallest absolute Gasteiger partial charge is 0.338 e. The molecule has 6 heteroatoms. The zero-order valence-corrected chi connectivity index (χ0v) is 12.2. The largest absolute Gasteiger partial charge is 0.478 e. The summed E-state index contributed by atoms with van der Waals surface area (Å²) in [6.45, 7) is 5.90. The van der Waals surface area contributed by atoms with Crippen molar-refractivity contribution in [2.24, 2.45) is 0 Å². The van der Waals surface area contributed by atoms with Gasteiger partial charge in [0.25, 0.3) is 5.91 Å². The molecule has 0 fully saturated rings. The van der Waals surface area contributed by atoms with Gasteiger partial charge in [-0.1, -0.05) is 0 Å². The van der Waals surface area contributed by atoms with E-state index in [1.807, 2.05) is 26.8 Å². The summed E-state index contributed by atoms with van der Waals surface area (Å²) in [6, 6.07) is 3.09. The Kier molecular flexibility index (Phi) is 3.94. The van der Waals surface area contributed by atoms with Gasteiger partial charge in [-0.2, -0.15) is 0 Å². The molecule has 0 aromatic carbocycles. The van der Waals surface area contributed by atoms with Gasteiger partial charge in [-0.3, -0.25) is 4.79 Å². The first kappa shape index (κ1) is 14.3. The molecule has 106 valence electrons. The molecule has 0 bridgehead atoms. The van der Waals surface area contributed by atoms with Crippen LogP contribution >= 0.6 is 11.3 Å². The van der Waals surface area contributed by atoms with Gasteiger partial charge in [-0.15, -0.1) is 11.3 Å². The number of nitrogens with one attached hydrogen (secondary N) is 1. The number of carboxylic acid groups (broad SMARTS) is 1. The minimum Gasteiger partial charge on any atom is -0.478 e. The fourth-order valence-corrected chi connectivity index (χ4v) is 3.02. The number of carbonyl (C=O) groups excluding carboxylic acids is 1. The summed E-state index contributed by atoms with van der Waals surface area (Å²) in [5.74, 6) is -1.54. The second-order valence-corrected chi connectivity index (χ2v) is 6.03. The van der Waals surface area contributed by atoms with E-state index in [1.165, 1.54) is 10.9 Å². The van der Waals surface area contributed by atoms with Crippen molar-refractivity contribution in [1.82, 2.24) is 5.32 Å². The molecule has 2 aromatic heterocycles. The van der Waals surface area contributed by atoms with Crippen LogP contribution in [0.2, 0.25) is 0 Å². The lowest BCUT2D eigenvalue weighted by atomic mass is 10.1. The second kappa shape index (κ2) is 5.50. The number of aromatic carboxylic acids is 1. The number of rotatable bonds is 4. The van der Waals surface area contributed by atoms with Crippen molar-refractivity contribution in [2.75, 3.05) is 0 Å². The molecule has 2 rings (SSSR count). The number of thiophene rings is 1. The van der Waals surface area contributed by atoms with Gasteiger partial charge in [-0.25, -0.2) is 4.79 Å². The maximum Gasteiger partial charge on any atom is 0.338 e. The fourth-order valence-electron chi connectivity index (χ4n) is 1.99. The van der Waals surface area contributed by atoms with E-state index >= 15 is 0 Å². The molecule has 1 atom stereocenters. The van der Waals surface area contributed by atoms with E-state index in [0.29, 0.717) is 0 Å². The standard InChI is InChI=1S/C14H15NO4S/c1-7-4-11(9(3)20-7)8(2)15-13(16)12-5-10(6-19-12)14(17)18/h4-6,8H,1-3H3,(H,15,16)(H,17,18)/t8-/m1/s1. The van der Waals surface area contributed by atoms with Crippen LogP contribution in [0.5, 0.6) is 0 Å². The highest BCUT2D eigenvalue weighted by Gasteiger charge is 2.18. The first-order valence-corrected chi connectivity index (χ1v) is 6.89. The Morgan fingerprint density at radius 3 is 2.55 bits per heavy atom. The predicted octanol–water partition coefficient (Wildman–Crippen LogP) is 3.15. The van der Waals surface area contributed by atoms with Crippen LogP contribution in [-0.2, 0) is 0 Å². The van der Waals surface area contributed by atoms with E-state index in [9.17, 15) is 9.59 Å². The molecule has 1 amide bonds. The van der Waals surface area contributed by atoms with Crippen molar-refractivity contribution < 1.29 is 19.1 Å². The molecule has 0 saturated heterocycles. The molecule has 0 spiro atoms. The first-order chi connectivity index (χ1) is 9.38. The summed E-state index contributed by atoms with van der Waals surface area (Å²) in [4.78, 5) is 25.1. The Morgan fingerprint density at radius 1 is 1.35 bits per heavy atom. The third-order valence-corrected chi connectivity index (χ3v) is 3.95. The van der Waals surface area contributed by atoms with Crippen molar-refractivity contribution in [1.29, 1.82) is 0 Å². The summed E-state index contributed by atoms with van der Waals surface area (Å²) in [6.07, 6.45) is 1.06. The van der Waals surface area contributed by atoms with Crippen molar-refractivity contribution in [3.8, 4) is 0 Å². The summed E-state index contributed by atoms with van der Waals surface area (Å²) in [5.41, 5.74) is 1.02. The van der Waals surface area contributed by atoms with Gasteiger partial charge in [0, 0.05) is 15.8 Å². The lowest BCUT2D eigenvalue weighted by Crippen LogP contribution is -2.26. The zero-order chi connectivity index (χ0) is 14.9. The number of furan rings is 1. The van der Waals surface area contributed by atoms with Gasteiger partial charge in [0.1, 0.15) is 6.26 Å². The van der Waals surface area contributed by atoms with Crippen LogP contribution in [-0.4, -0.2) is 17.0 Å². The van der Waals surface area contributed by atoms with Crippen molar-refractivity contribution >= 4 is 23.2 Å². The molecule has 20 heavy (non-hydrogen) atoms. The quantitative estimate of drug-likeness (QED) is 0.907. The fraction of sp³-hybridized carbons (Fsp3) is 0.286. The highest BCUT2D eigenvalue weighted by molar-refractivity contribution is 7.12. The average molecular weight is 293 g/mol. The van der Waals surface area contributed by atoms with Gasteiger partial charge < -0.3 is 14.8 Å². The van der Waals surface area contributed by atoms with Crippen LogP contribution < -0.4 is 5.32 Å². The third-order valence-electron chi connectivity index (χ3n) is 2.96. The van der Waals surface area contributed by atoms with E-state index in [-0.39, 0.29) is 17.4 Å². The maximum absolute atomic E-state index is 12.0. The van der Waals surface area contributed by atoms with Crippen LogP contribution in [0.25, 0.3) is 0 Å². The van der Waals surface area contributed by atoms with Gasteiger partial charge in [0.05, 0.1) is 11.6 Å². The Labute approximate surface area is 120 Å². The van der Waals surface area contributed by atoms with Crippen LogP contribution in [0.15, 0.2) is 22.8 Å². The number of hydrogen-bond donors (Lipinski definition) is 2. The van der Waals surface area contributed by atoms with Crippen LogP contribution in [0.4, 0.5) is 0 Å². The molecule has 2 N–H and O–H groups in total. The number of aryl methyl sites for hydroxylation is 2. The zero-order valence-electron chi connectivity index (χ0n) is 11.4. The van der Waals surface area contributed by atoms with E-state index in [2.05, 4.69) is 5.32 Å². The Morgan fingerprint density at radius 2 is 2.05 bits per heavy atom. The number of carboxylic acids is 1. The number of hydrogen-bond acceptors (Lipinski definition) is 4. The Bertz CT molecular complexity index is 656. The summed E-state index contributed by atoms with van der Waals surface area (Å²) >= 11 is 1.68. The minimum atomic E-state index is -1.12. The summed E-state index contributed by atoms with van der Waals surface area (Å²) < 4.78 is 4.97. The Hall–Kier alpha value is -2.08. The molecule has 2 aromatic rings. The predicted molar refractivity (Wildman–Crippen MR) is 75.3 cm³/mol. The van der Waals surface area contributed by atoms with Crippen LogP contribution in [0.1, 0.15) is 49.2 Å². The lowest BCUT2D eigenvalue weighted by molar-refractivity contribution is 0.0695. The summed E-state index contributed by atoms with van der Waals surface area (Å²) in [5, 5.41) is 11.6. The maximum atomic E-state index is 12.0. The molecule has 0 aliphatic rings. The monoisotopic (exact) mass is 293 g/mol. The van der Waals surface area contributed by atoms with Crippen molar-refractivity contribution in [2.45, 2.75) is 26.8 Å². The van der Waals surface area contributed by atoms with Crippen molar-refractivity contribution in [3.63, 3.8) is 0 Å². The molecule has 0 unspecified atom stereocenters. The molecule has 2 heterocycles. The van der Waals surface area contributed by atoms with Crippen LogP contribution in [0, 0.1) is 13.8 Å². The molecule has 0 aliphatic heterocycles. The normalized spacial score (nSPS) is 12.2. The topological polar surface area (TPSA) is 79.5 Å². The highest BCUT2D eigenvalue weighted by Crippen LogP contribution is 2.26. The lowest BCUT2D eigenvalue weighted by Gasteiger charge is -2.12. The van der Waals surface area contributed by atoms with E-state index in [0.717, 1.165) is 16.7 Å². The SMILES string of the molecule is Cc1cc([C@@H](C)NC(=O)c2cc(C(=O)O)co2)c(C)s1. The van der Waals surface area contributed by atoms with Gasteiger partial charge in [-0.05, 0) is 32.4 Å². The third kappa shape index (κ3) is 2.91. The number of carbonyl (C=O) groups is 2. The van der Waals surface area contributed by atoms with E-state index in [4.69, 9.17) is 9.52 Å². The van der Waals surface area contributed by atoms with E-state index in [1.54, 1.807) is 11.3 Å². The molecule has 0 radical (unpaired) electrons. The molecule has 0 aliphatic carbocycles. The molecule has 5 nitrogen and oxygen atoms in total. The molecular weight excluding hydrogens is 278 g/mol. The first-order valence-electron chi connectivity index (χ1n) is 6.08. The van der Waals surface area contributed by atoms with Gasteiger partial charge in [0.15, 0.2) is 5.76 Å². The minimum absolute atomic E-state index is 0.00106. The van der Waals surface area contributed by atoms with E-state index < -0.39 is 11.9 Å².